The molecule has 0 unspecified atom stereocenters. The standard InChI is InChI=1S/C21H26N6/c1-26(2)21-12-16(17-8-4-5-9-18(17)25-21)14-22-19-13-20(24-15-23-19)27-10-6-3-7-11-27/h4-5,8-9,12-13,15H,3,6-7,10-11,14H2,1-2H3,(H,22,23,24). The molecule has 0 amide bonds. The second-order valence-electron chi connectivity index (χ2n) is 7.21. The Hall–Kier alpha value is -2.89. The van der Waals surface area contributed by atoms with Gasteiger partial charge in [-0.2, -0.15) is 0 Å². The lowest BCUT2D eigenvalue weighted by Gasteiger charge is -2.27. The van der Waals surface area contributed by atoms with Crippen molar-refractivity contribution in [3.05, 3.63) is 48.3 Å². The average molecular weight is 362 g/mol. The van der Waals surface area contributed by atoms with Crippen LogP contribution in [0.4, 0.5) is 17.5 Å². The van der Waals surface area contributed by atoms with Crippen LogP contribution in [0.5, 0.6) is 0 Å². The summed E-state index contributed by atoms with van der Waals surface area (Å²) < 4.78 is 0. The number of benzene rings is 1. The molecule has 1 N–H and O–H groups in total. The minimum Gasteiger partial charge on any atom is -0.366 e. The summed E-state index contributed by atoms with van der Waals surface area (Å²) in [7, 11) is 4.03. The van der Waals surface area contributed by atoms with E-state index < -0.39 is 0 Å². The Morgan fingerprint density at radius 1 is 1.04 bits per heavy atom. The van der Waals surface area contributed by atoms with Gasteiger partial charge in [-0.15, -0.1) is 0 Å². The Labute approximate surface area is 160 Å². The van der Waals surface area contributed by atoms with E-state index in [1.807, 2.05) is 25.1 Å². The van der Waals surface area contributed by atoms with Gasteiger partial charge in [-0.1, -0.05) is 18.2 Å². The minimum absolute atomic E-state index is 0.695. The summed E-state index contributed by atoms with van der Waals surface area (Å²) in [6.45, 7) is 2.86. The zero-order chi connectivity index (χ0) is 18.6. The molecule has 4 rings (SSSR count). The largest absolute Gasteiger partial charge is 0.366 e. The maximum absolute atomic E-state index is 4.73. The molecule has 0 saturated carbocycles. The van der Waals surface area contributed by atoms with E-state index in [0.29, 0.717) is 6.54 Å². The third-order valence-electron chi connectivity index (χ3n) is 5.04. The van der Waals surface area contributed by atoms with Gasteiger partial charge in [0, 0.05) is 45.2 Å². The van der Waals surface area contributed by atoms with Crippen LogP contribution in [-0.2, 0) is 6.54 Å². The second kappa shape index (κ2) is 7.78. The summed E-state index contributed by atoms with van der Waals surface area (Å²) in [5, 5.41) is 4.64. The minimum atomic E-state index is 0.695. The number of pyridine rings is 1. The number of fused-ring (bicyclic) bond motifs is 1. The number of nitrogens with one attached hydrogen (secondary N) is 1. The van der Waals surface area contributed by atoms with Crippen LogP contribution in [0.15, 0.2) is 42.7 Å². The topological polar surface area (TPSA) is 57.2 Å². The van der Waals surface area contributed by atoms with Crippen molar-refractivity contribution in [2.45, 2.75) is 25.8 Å². The van der Waals surface area contributed by atoms with Crippen molar-refractivity contribution in [3.63, 3.8) is 0 Å². The second-order valence-corrected chi connectivity index (χ2v) is 7.21. The van der Waals surface area contributed by atoms with E-state index in [9.17, 15) is 0 Å². The Kier molecular flexibility index (Phi) is 5.05. The molecule has 0 radical (unpaired) electrons. The molecule has 0 bridgehead atoms. The number of hydrogen-bond acceptors (Lipinski definition) is 6. The molecule has 2 aromatic heterocycles. The van der Waals surface area contributed by atoms with Crippen LogP contribution in [0.3, 0.4) is 0 Å². The van der Waals surface area contributed by atoms with Crippen molar-refractivity contribution in [1.82, 2.24) is 15.0 Å². The van der Waals surface area contributed by atoms with E-state index in [4.69, 9.17) is 4.98 Å². The highest BCUT2D eigenvalue weighted by Crippen LogP contribution is 2.24. The molecule has 140 valence electrons. The molecule has 1 aromatic carbocycles. The van der Waals surface area contributed by atoms with E-state index in [2.05, 4.69) is 50.5 Å². The fraction of sp³-hybridized carbons (Fsp3) is 0.381. The van der Waals surface area contributed by atoms with Crippen molar-refractivity contribution in [1.29, 1.82) is 0 Å². The van der Waals surface area contributed by atoms with Gasteiger partial charge >= 0.3 is 0 Å². The van der Waals surface area contributed by atoms with Crippen molar-refractivity contribution >= 4 is 28.4 Å². The van der Waals surface area contributed by atoms with Crippen molar-refractivity contribution in [3.8, 4) is 0 Å². The normalized spacial score (nSPS) is 14.4. The van der Waals surface area contributed by atoms with E-state index in [1.54, 1.807) is 6.33 Å². The summed E-state index contributed by atoms with van der Waals surface area (Å²) in [5.74, 6) is 2.83. The molecule has 3 heterocycles. The van der Waals surface area contributed by atoms with Gasteiger partial charge in [-0.25, -0.2) is 15.0 Å². The van der Waals surface area contributed by atoms with Gasteiger partial charge in [-0.3, -0.25) is 0 Å². The molecule has 1 saturated heterocycles. The molecule has 1 aliphatic rings. The molecule has 1 aliphatic heterocycles. The first kappa shape index (κ1) is 17.5. The fourth-order valence-corrected chi connectivity index (χ4v) is 3.53. The zero-order valence-corrected chi connectivity index (χ0v) is 16.0. The van der Waals surface area contributed by atoms with Crippen molar-refractivity contribution in [2.24, 2.45) is 0 Å². The van der Waals surface area contributed by atoms with E-state index in [0.717, 1.165) is 36.1 Å². The molecule has 1 fully saturated rings. The summed E-state index contributed by atoms with van der Waals surface area (Å²) in [6.07, 6.45) is 5.45. The smallest absolute Gasteiger partial charge is 0.134 e. The molecule has 0 spiro atoms. The average Bonchev–Trinajstić information content (AvgIpc) is 2.72. The molecule has 6 nitrogen and oxygen atoms in total. The van der Waals surface area contributed by atoms with E-state index in [1.165, 1.54) is 30.2 Å². The number of rotatable bonds is 5. The highest BCUT2D eigenvalue weighted by atomic mass is 15.2. The first-order valence-electron chi connectivity index (χ1n) is 9.57. The van der Waals surface area contributed by atoms with Gasteiger partial charge in [0.2, 0.25) is 0 Å². The van der Waals surface area contributed by atoms with Crippen LogP contribution in [0, 0.1) is 0 Å². The van der Waals surface area contributed by atoms with Gasteiger partial charge in [0.15, 0.2) is 0 Å². The fourth-order valence-electron chi connectivity index (χ4n) is 3.53. The first-order valence-corrected chi connectivity index (χ1v) is 9.57. The molecule has 3 aromatic rings. The van der Waals surface area contributed by atoms with Gasteiger partial charge in [0.05, 0.1) is 5.52 Å². The highest BCUT2D eigenvalue weighted by Gasteiger charge is 2.13. The Morgan fingerprint density at radius 2 is 1.85 bits per heavy atom. The number of aromatic nitrogens is 3. The van der Waals surface area contributed by atoms with Gasteiger partial charge in [0.25, 0.3) is 0 Å². The van der Waals surface area contributed by atoms with Crippen LogP contribution in [-0.4, -0.2) is 42.1 Å². The van der Waals surface area contributed by atoms with Gasteiger partial charge in [-0.05, 0) is 37.0 Å². The first-order chi connectivity index (χ1) is 13.2. The molecule has 0 aliphatic carbocycles. The highest BCUT2D eigenvalue weighted by molar-refractivity contribution is 5.84. The summed E-state index contributed by atoms with van der Waals surface area (Å²) in [4.78, 5) is 18.0. The number of anilines is 3. The van der Waals surface area contributed by atoms with E-state index >= 15 is 0 Å². The van der Waals surface area contributed by atoms with Crippen LogP contribution in [0.1, 0.15) is 24.8 Å². The van der Waals surface area contributed by atoms with Crippen molar-refractivity contribution < 1.29 is 0 Å². The molecule has 27 heavy (non-hydrogen) atoms. The lowest BCUT2D eigenvalue weighted by atomic mass is 10.1. The van der Waals surface area contributed by atoms with Gasteiger partial charge in [0.1, 0.15) is 23.8 Å². The molecular weight excluding hydrogens is 336 g/mol. The Morgan fingerprint density at radius 3 is 2.67 bits per heavy atom. The molecular formula is C21H26N6. The summed E-state index contributed by atoms with van der Waals surface area (Å²) in [6, 6.07) is 12.5. The van der Waals surface area contributed by atoms with E-state index in [-0.39, 0.29) is 0 Å². The van der Waals surface area contributed by atoms with Gasteiger partial charge < -0.3 is 15.1 Å². The number of nitrogens with zero attached hydrogens (tertiary/aromatic N) is 5. The number of hydrogen-bond donors (Lipinski definition) is 1. The predicted octanol–water partition coefficient (Wildman–Crippen LogP) is 3.69. The summed E-state index contributed by atoms with van der Waals surface area (Å²) in [5.41, 5.74) is 2.22. The quantitative estimate of drug-likeness (QED) is 0.747. The lowest BCUT2D eigenvalue weighted by molar-refractivity contribution is 0.573. The lowest BCUT2D eigenvalue weighted by Crippen LogP contribution is -2.30. The molecule has 0 atom stereocenters. The number of para-hydroxylation sites is 1. The van der Waals surface area contributed by atoms with Crippen LogP contribution < -0.4 is 15.1 Å². The Bertz CT molecular complexity index is 917. The van der Waals surface area contributed by atoms with Crippen LogP contribution in [0.25, 0.3) is 10.9 Å². The van der Waals surface area contributed by atoms with Crippen LogP contribution >= 0.6 is 0 Å². The predicted molar refractivity (Wildman–Crippen MR) is 111 cm³/mol. The third kappa shape index (κ3) is 3.94. The maximum atomic E-state index is 4.73. The molecule has 6 heteroatoms. The monoisotopic (exact) mass is 362 g/mol. The zero-order valence-electron chi connectivity index (χ0n) is 16.0. The Balaban J connectivity index is 1.56. The SMILES string of the molecule is CN(C)c1cc(CNc2cc(N3CCCCC3)ncn2)c2ccccc2n1. The number of piperidine rings is 1. The summed E-state index contributed by atoms with van der Waals surface area (Å²) >= 11 is 0. The van der Waals surface area contributed by atoms with Crippen molar-refractivity contribution in [2.75, 3.05) is 42.3 Å². The third-order valence-corrected chi connectivity index (χ3v) is 5.04. The maximum Gasteiger partial charge on any atom is 0.134 e. The van der Waals surface area contributed by atoms with Crippen LogP contribution in [0.2, 0.25) is 0 Å².